The number of nitrogens with one attached hydrogen (secondary N) is 1. The highest BCUT2D eigenvalue weighted by Gasteiger charge is 2.23. The van der Waals surface area contributed by atoms with Crippen molar-refractivity contribution in [1.82, 2.24) is 5.43 Å². The molecule has 0 saturated heterocycles. The summed E-state index contributed by atoms with van der Waals surface area (Å²) in [6, 6.07) is 0. The molecule has 9 nitrogen and oxygen atoms in total. The molecule has 0 unspecified atom stereocenters. The molecule has 0 aliphatic rings. The van der Waals surface area contributed by atoms with Gasteiger partial charge in [0.1, 0.15) is 0 Å². The van der Waals surface area contributed by atoms with Crippen molar-refractivity contribution >= 4 is 19.7 Å². The van der Waals surface area contributed by atoms with Crippen LogP contribution in [0.2, 0.25) is 0 Å². The number of phosphoric ester groups is 1. The van der Waals surface area contributed by atoms with Gasteiger partial charge in [0.15, 0.2) is 0 Å². The Morgan fingerprint density at radius 3 is 1.60 bits per heavy atom. The second kappa shape index (κ2) is 21.1. The lowest BCUT2D eigenvalue weighted by Gasteiger charge is -2.15. The third kappa shape index (κ3) is 28.1. The summed E-state index contributed by atoms with van der Waals surface area (Å²) >= 11 is 0. The second-order valence-corrected chi connectivity index (χ2v) is 6.62. The van der Waals surface area contributed by atoms with Crippen molar-refractivity contribution in [2.24, 2.45) is 5.84 Å². The van der Waals surface area contributed by atoms with E-state index in [2.05, 4.69) is 5.84 Å². The summed E-state index contributed by atoms with van der Waals surface area (Å²) < 4.78 is 26.6. The Morgan fingerprint density at radius 2 is 1.44 bits per heavy atom. The fourth-order valence-corrected chi connectivity index (χ4v) is 1.99. The number of rotatable bonds is 11. The molecule has 0 spiro atoms. The van der Waals surface area contributed by atoms with Gasteiger partial charge in [0.25, 0.3) is 0 Å². The van der Waals surface area contributed by atoms with Crippen LogP contribution in [0.25, 0.3) is 0 Å². The number of hydrogen-bond acceptors (Lipinski definition) is 7. The SMILES string of the molecule is CC(=O)NN.CCCC(=O)O.CCCCOP(=O)(OC)OCCCC. The second-order valence-electron chi connectivity index (χ2n) is 4.85. The molecule has 4 N–H and O–H groups in total. The number of carboxylic acid groups (broad SMARTS) is 1. The number of aliphatic carboxylic acids is 1. The maximum Gasteiger partial charge on any atom is 0.474 e. The number of hydrazine groups is 1. The highest BCUT2D eigenvalue weighted by molar-refractivity contribution is 7.48. The zero-order chi connectivity index (χ0) is 20.1. The molecule has 1 amide bonds. The zero-order valence-electron chi connectivity index (χ0n) is 16.1. The highest BCUT2D eigenvalue weighted by Crippen LogP contribution is 2.48. The van der Waals surface area contributed by atoms with E-state index in [0.29, 0.717) is 19.6 Å². The number of nitrogens with two attached hydrogens (primary N) is 1. The number of phosphoric acid groups is 1. The maximum atomic E-state index is 11.7. The molecular formula is C15H35N2O7P. The van der Waals surface area contributed by atoms with Gasteiger partial charge in [-0.25, -0.2) is 10.4 Å². The van der Waals surface area contributed by atoms with E-state index in [1.165, 1.54) is 14.0 Å². The summed E-state index contributed by atoms with van der Waals surface area (Å²) in [4.78, 5) is 19.2. The third-order valence-electron chi connectivity index (χ3n) is 2.39. The molecule has 0 fully saturated rings. The summed E-state index contributed by atoms with van der Waals surface area (Å²) in [7, 11) is -1.91. The van der Waals surface area contributed by atoms with Crippen molar-refractivity contribution in [3.63, 3.8) is 0 Å². The van der Waals surface area contributed by atoms with E-state index in [0.717, 1.165) is 32.1 Å². The largest absolute Gasteiger partial charge is 0.481 e. The van der Waals surface area contributed by atoms with Crippen molar-refractivity contribution in [2.75, 3.05) is 20.3 Å². The Kier molecular flexibility index (Phi) is 24.3. The molecule has 0 aromatic carbocycles. The molecule has 0 atom stereocenters. The lowest BCUT2D eigenvalue weighted by Crippen LogP contribution is -2.26. The minimum absolute atomic E-state index is 0.218. The normalized spacial score (nSPS) is 10.0. The molecule has 0 aromatic rings. The number of carboxylic acids is 1. The van der Waals surface area contributed by atoms with E-state index in [-0.39, 0.29) is 5.91 Å². The summed E-state index contributed by atoms with van der Waals surface area (Å²) in [6.45, 7) is 8.12. The molecule has 0 aliphatic carbocycles. The van der Waals surface area contributed by atoms with Crippen LogP contribution in [0.5, 0.6) is 0 Å². The predicted molar refractivity (Wildman–Crippen MR) is 96.9 cm³/mol. The standard InChI is InChI=1S/C9H21O4P.C4H8O2.C2H6N2O/c1-4-6-8-12-14(10,11-3)13-9-7-5-2;1-2-3-4(5)6;1-2(5)4-3/h4-9H2,1-3H3;2-3H2,1H3,(H,5,6);3H2,1H3,(H,4,5). The van der Waals surface area contributed by atoms with Crippen LogP contribution in [0.4, 0.5) is 0 Å². The lowest BCUT2D eigenvalue weighted by molar-refractivity contribution is -0.137. The van der Waals surface area contributed by atoms with Crippen LogP contribution >= 0.6 is 7.82 Å². The van der Waals surface area contributed by atoms with E-state index >= 15 is 0 Å². The van der Waals surface area contributed by atoms with Crippen LogP contribution in [0.15, 0.2) is 0 Å². The Labute approximate surface area is 151 Å². The van der Waals surface area contributed by atoms with Crippen LogP contribution in [0.3, 0.4) is 0 Å². The molecule has 0 aromatic heterocycles. The fourth-order valence-electron chi connectivity index (χ4n) is 0.998. The van der Waals surface area contributed by atoms with Crippen LogP contribution in [-0.4, -0.2) is 37.3 Å². The first-order chi connectivity index (χ1) is 11.7. The molecule has 0 heterocycles. The Balaban J connectivity index is -0.000000362. The number of carbonyl (C=O) groups excluding carboxylic acids is 1. The molecule has 0 bridgehead atoms. The van der Waals surface area contributed by atoms with Crippen molar-refractivity contribution in [2.45, 2.75) is 66.2 Å². The summed E-state index contributed by atoms with van der Waals surface area (Å²) in [5, 5.41) is 7.91. The van der Waals surface area contributed by atoms with Gasteiger partial charge in [0.2, 0.25) is 5.91 Å². The van der Waals surface area contributed by atoms with Crippen molar-refractivity contribution in [3.05, 3.63) is 0 Å². The topological polar surface area (TPSA) is 137 Å². The van der Waals surface area contributed by atoms with Crippen molar-refractivity contribution < 1.29 is 32.8 Å². The minimum Gasteiger partial charge on any atom is -0.481 e. The average molecular weight is 386 g/mol. The van der Waals surface area contributed by atoms with Gasteiger partial charge in [-0.1, -0.05) is 33.6 Å². The van der Waals surface area contributed by atoms with Gasteiger partial charge in [-0.2, -0.15) is 0 Å². The monoisotopic (exact) mass is 386 g/mol. The van der Waals surface area contributed by atoms with Crippen molar-refractivity contribution in [1.29, 1.82) is 0 Å². The van der Waals surface area contributed by atoms with E-state index in [1.807, 2.05) is 26.2 Å². The Bertz CT molecular complexity index is 354. The molecule has 10 heteroatoms. The number of unbranched alkanes of at least 4 members (excludes halogenated alkanes) is 2. The van der Waals surface area contributed by atoms with Gasteiger partial charge >= 0.3 is 13.8 Å². The van der Waals surface area contributed by atoms with Gasteiger partial charge in [0, 0.05) is 20.5 Å². The first-order valence-corrected chi connectivity index (χ1v) is 9.82. The fraction of sp³-hybridized carbons (Fsp3) is 0.867. The molecule has 25 heavy (non-hydrogen) atoms. The van der Waals surface area contributed by atoms with E-state index in [4.69, 9.17) is 18.7 Å². The van der Waals surface area contributed by atoms with E-state index < -0.39 is 13.8 Å². The van der Waals surface area contributed by atoms with Crippen LogP contribution in [-0.2, 0) is 27.7 Å². The maximum absolute atomic E-state index is 11.7. The Morgan fingerprint density at radius 1 is 1.04 bits per heavy atom. The van der Waals surface area contributed by atoms with E-state index in [1.54, 1.807) is 0 Å². The van der Waals surface area contributed by atoms with E-state index in [9.17, 15) is 14.2 Å². The first-order valence-electron chi connectivity index (χ1n) is 8.36. The summed E-state index contributed by atoms with van der Waals surface area (Å²) in [5.74, 6) is 3.64. The number of carbonyl (C=O) groups is 2. The first kappa shape index (κ1) is 28.8. The molecule has 0 aliphatic heterocycles. The minimum atomic E-state index is -3.26. The van der Waals surface area contributed by atoms with Crippen LogP contribution in [0.1, 0.15) is 66.2 Å². The molecular weight excluding hydrogens is 351 g/mol. The van der Waals surface area contributed by atoms with Gasteiger partial charge < -0.3 is 5.11 Å². The Hall–Kier alpha value is -0.990. The third-order valence-corrected chi connectivity index (χ3v) is 3.83. The molecule has 0 radical (unpaired) electrons. The predicted octanol–water partition coefficient (Wildman–Crippen LogP) is 3.24. The number of hydrogen-bond donors (Lipinski definition) is 3. The van der Waals surface area contributed by atoms with Gasteiger partial charge in [-0.3, -0.25) is 28.6 Å². The van der Waals surface area contributed by atoms with Gasteiger partial charge in [-0.05, 0) is 19.3 Å². The molecule has 152 valence electrons. The smallest absolute Gasteiger partial charge is 0.474 e. The molecule has 0 saturated carbocycles. The number of amides is 1. The lowest BCUT2D eigenvalue weighted by atomic mass is 10.4. The summed E-state index contributed by atoms with van der Waals surface area (Å²) in [5.41, 5.74) is 1.89. The quantitative estimate of drug-likeness (QED) is 0.162. The van der Waals surface area contributed by atoms with Gasteiger partial charge in [0.05, 0.1) is 13.2 Å². The summed E-state index contributed by atoms with van der Waals surface area (Å²) in [6.07, 6.45) is 4.75. The molecule has 0 rings (SSSR count). The van der Waals surface area contributed by atoms with Crippen LogP contribution < -0.4 is 11.3 Å². The zero-order valence-corrected chi connectivity index (χ0v) is 17.0. The van der Waals surface area contributed by atoms with Gasteiger partial charge in [-0.15, -0.1) is 0 Å². The van der Waals surface area contributed by atoms with Crippen LogP contribution in [0, 0.1) is 0 Å². The highest BCUT2D eigenvalue weighted by atomic mass is 31.2. The average Bonchev–Trinajstić information content (AvgIpc) is 2.56. The van der Waals surface area contributed by atoms with Crippen molar-refractivity contribution in [3.8, 4) is 0 Å².